The average Bonchev–Trinajstić information content (AvgIpc) is 2.67. The second-order valence-corrected chi connectivity index (χ2v) is 5.48. The summed E-state index contributed by atoms with van der Waals surface area (Å²) in [4.78, 5) is 23.5. The minimum absolute atomic E-state index is 0.374. The molecule has 142 valence electrons. The van der Waals surface area contributed by atoms with Crippen molar-refractivity contribution in [3.8, 4) is 11.5 Å². The summed E-state index contributed by atoms with van der Waals surface area (Å²) in [6, 6.07) is 10.5. The molecule has 0 spiro atoms. The van der Waals surface area contributed by atoms with Gasteiger partial charge >= 0.3 is 5.97 Å². The Labute approximate surface area is 156 Å². The van der Waals surface area contributed by atoms with Gasteiger partial charge in [-0.1, -0.05) is 12.1 Å². The van der Waals surface area contributed by atoms with E-state index in [0.717, 1.165) is 5.56 Å². The topological polar surface area (TPSA) is 73.9 Å². The van der Waals surface area contributed by atoms with Gasteiger partial charge in [-0.05, 0) is 48.4 Å². The van der Waals surface area contributed by atoms with Gasteiger partial charge in [-0.25, -0.2) is 9.18 Å². The molecule has 0 fully saturated rings. The molecule has 0 saturated heterocycles. The van der Waals surface area contributed by atoms with Crippen molar-refractivity contribution in [1.82, 2.24) is 0 Å². The van der Waals surface area contributed by atoms with Crippen molar-refractivity contribution in [2.75, 3.05) is 25.6 Å². The molecule has 0 aliphatic heterocycles. The van der Waals surface area contributed by atoms with E-state index in [-0.39, 0.29) is 6.61 Å². The van der Waals surface area contributed by atoms with Crippen LogP contribution in [0.1, 0.15) is 5.56 Å². The Morgan fingerprint density at radius 3 is 2.52 bits per heavy atom. The first kappa shape index (κ1) is 20.0. The van der Waals surface area contributed by atoms with Crippen LogP contribution >= 0.6 is 0 Å². The Morgan fingerprint density at radius 1 is 1.11 bits per heavy atom. The molecule has 0 bridgehead atoms. The molecule has 1 amide bonds. The molecule has 2 aromatic rings. The molecule has 0 saturated carbocycles. The zero-order valence-electron chi connectivity index (χ0n) is 14.9. The maximum atomic E-state index is 12.8. The lowest BCUT2D eigenvalue weighted by Crippen LogP contribution is -2.23. The predicted molar refractivity (Wildman–Crippen MR) is 98.4 cm³/mol. The molecule has 7 heteroatoms. The normalized spacial score (nSPS) is 10.0. The molecule has 27 heavy (non-hydrogen) atoms. The summed E-state index contributed by atoms with van der Waals surface area (Å²) in [5, 5.41) is 2.48. The minimum atomic E-state index is -0.707. The fourth-order valence-corrected chi connectivity index (χ4v) is 2.18. The number of nitrogens with one attached hydrogen (secondary N) is 1. The minimum Gasteiger partial charge on any atom is -0.493 e. The van der Waals surface area contributed by atoms with Gasteiger partial charge in [0.2, 0.25) is 0 Å². The number of halogens is 1. The number of carbonyl (C=O) groups excluding carboxylic acids is 2. The number of hydrogen-bond acceptors (Lipinski definition) is 5. The molecular weight excluding hydrogens is 353 g/mol. The smallest absolute Gasteiger partial charge is 0.344 e. The fraction of sp³-hybridized carbons (Fsp3) is 0.200. The molecule has 0 aliphatic rings. The zero-order valence-corrected chi connectivity index (χ0v) is 14.9. The van der Waals surface area contributed by atoms with E-state index in [2.05, 4.69) is 11.9 Å². The van der Waals surface area contributed by atoms with E-state index in [1.165, 1.54) is 31.4 Å². The van der Waals surface area contributed by atoms with Crippen molar-refractivity contribution in [2.24, 2.45) is 0 Å². The van der Waals surface area contributed by atoms with E-state index >= 15 is 0 Å². The van der Waals surface area contributed by atoms with Crippen LogP contribution in [0.25, 0.3) is 0 Å². The quantitative estimate of drug-likeness (QED) is 0.540. The number of amides is 1. The maximum absolute atomic E-state index is 12.8. The summed E-state index contributed by atoms with van der Waals surface area (Å²) in [7, 11) is 1.50. The highest BCUT2D eigenvalue weighted by atomic mass is 19.1. The lowest BCUT2D eigenvalue weighted by atomic mass is 10.1. The van der Waals surface area contributed by atoms with Crippen LogP contribution in [0.15, 0.2) is 55.1 Å². The van der Waals surface area contributed by atoms with Crippen molar-refractivity contribution in [3.63, 3.8) is 0 Å². The summed E-state index contributed by atoms with van der Waals surface area (Å²) in [6.07, 6.45) is 2.45. The van der Waals surface area contributed by atoms with Crippen molar-refractivity contribution in [2.45, 2.75) is 6.42 Å². The van der Waals surface area contributed by atoms with Gasteiger partial charge in [-0.15, -0.1) is 6.58 Å². The average molecular weight is 373 g/mol. The van der Waals surface area contributed by atoms with Crippen molar-refractivity contribution >= 4 is 17.6 Å². The molecule has 6 nitrogen and oxygen atoms in total. The first-order valence-electron chi connectivity index (χ1n) is 8.13. The van der Waals surface area contributed by atoms with Crippen LogP contribution in [0.3, 0.4) is 0 Å². The van der Waals surface area contributed by atoms with Crippen LogP contribution in [-0.2, 0) is 20.7 Å². The predicted octanol–water partition coefficient (Wildman–Crippen LogP) is 3.12. The number of rotatable bonds is 9. The number of anilines is 1. The van der Waals surface area contributed by atoms with Gasteiger partial charge < -0.3 is 19.5 Å². The van der Waals surface area contributed by atoms with E-state index < -0.39 is 24.3 Å². The first-order valence-corrected chi connectivity index (χ1v) is 8.13. The summed E-state index contributed by atoms with van der Waals surface area (Å²) >= 11 is 0. The van der Waals surface area contributed by atoms with Gasteiger partial charge in [0.15, 0.2) is 24.7 Å². The highest BCUT2D eigenvalue weighted by Gasteiger charge is 2.11. The Morgan fingerprint density at radius 2 is 1.85 bits per heavy atom. The third-order valence-electron chi connectivity index (χ3n) is 3.45. The van der Waals surface area contributed by atoms with E-state index in [0.29, 0.717) is 23.6 Å². The van der Waals surface area contributed by atoms with Crippen LogP contribution in [-0.4, -0.2) is 32.2 Å². The number of ether oxygens (including phenoxy) is 3. The highest BCUT2D eigenvalue weighted by molar-refractivity contribution is 5.92. The lowest BCUT2D eigenvalue weighted by Gasteiger charge is -2.11. The molecule has 0 atom stereocenters. The molecule has 2 rings (SSSR count). The van der Waals surface area contributed by atoms with E-state index in [1.807, 2.05) is 6.07 Å². The first-order chi connectivity index (χ1) is 13.0. The summed E-state index contributed by atoms with van der Waals surface area (Å²) in [5.74, 6) is -0.790. The number of carbonyl (C=O) groups is 2. The van der Waals surface area contributed by atoms with Gasteiger partial charge in [0.05, 0.1) is 7.11 Å². The number of methoxy groups -OCH3 is 1. The number of hydrogen-bond donors (Lipinski definition) is 1. The Balaban J connectivity index is 1.79. The second kappa shape index (κ2) is 9.96. The maximum Gasteiger partial charge on any atom is 0.344 e. The Bertz CT molecular complexity index is 805. The molecular formula is C20H20FNO5. The Kier molecular flexibility index (Phi) is 7.37. The largest absolute Gasteiger partial charge is 0.493 e. The van der Waals surface area contributed by atoms with E-state index in [1.54, 1.807) is 18.2 Å². The Hall–Kier alpha value is -3.35. The molecule has 1 N–H and O–H groups in total. The summed E-state index contributed by atoms with van der Waals surface area (Å²) < 4.78 is 28.3. The third kappa shape index (κ3) is 6.47. The van der Waals surface area contributed by atoms with Gasteiger partial charge in [-0.3, -0.25) is 4.79 Å². The van der Waals surface area contributed by atoms with Crippen LogP contribution in [0.4, 0.5) is 10.1 Å². The monoisotopic (exact) mass is 373 g/mol. The van der Waals surface area contributed by atoms with E-state index in [9.17, 15) is 14.0 Å². The van der Waals surface area contributed by atoms with Gasteiger partial charge in [0, 0.05) is 5.69 Å². The molecule has 0 aromatic heterocycles. The van der Waals surface area contributed by atoms with Gasteiger partial charge in [-0.2, -0.15) is 0 Å². The number of esters is 1. The van der Waals surface area contributed by atoms with Gasteiger partial charge in [0.25, 0.3) is 5.91 Å². The lowest BCUT2D eigenvalue weighted by molar-refractivity contribution is -0.149. The van der Waals surface area contributed by atoms with Crippen LogP contribution < -0.4 is 14.8 Å². The van der Waals surface area contributed by atoms with Crippen molar-refractivity contribution in [3.05, 3.63) is 66.5 Å². The van der Waals surface area contributed by atoms with Crippen molar-refractivity contribution in [1.29, 1.82) is 0 Å². The molecule has 2 aromatic carbocycles. The molecule has 0 aliphatic carbocycles. The van der Waals surface area contributed by atoms with Gasteiger partial charge in [0.1, 0.15) is 5.82 Å². The molecule has 0 unspecified atom stereocenters. The fourth-order valence-electron chi connectivity index (χ4n) is 2.18. The highest BCUT2D eigenvalue weighted by Crippen LogP contribution is 2.28. The van der Waals surface area contributed by atoms with Crippen molar-refractivity contribution < 1.29 is 28.2 Å². The second-order valence-electron chi connectivity index (χ2n) is 5.48. The number of allylic oxidation sites excluding steroid dienone is 1. The number of benzene rings is 2. The summed E-state index contributed by atoms with van der Waals surface area (Å²) in [6.45, 7) is 2.82. The zero-order chi connectivity index (χ0) is 19.6. The third-order valence-corrected chi connectivity index (χ3v) is 3.45. The van der Waals surface area contributed by atoms with Crippen LogP contribution in [0.5, 0.6) is 11.5 Å². The van der Waals surface area contributed by atoms with Crippen LogP contribution in [0, 0.1) is 5.82 Å². The molecule has 0 radical (unpaired) electrons. The van der Waals surface area contributed by atoms with E-state index in [4.69, 9.17) is 14.2 Å². The summed E-state index contributed by atoms with van der Waals surface area (Å²) in [5.41, 5.74) is 1.40. The van der Waals surface area contributed by atoms with Crippen LogP contribution in [0.2, 0.25) is 0 Å². The SMILES string of the molecule is C=CCc1ccc(OCC(=O)OCC(=O)Nc2ccc(F)cc2)c(OC)c1. The standard InChI is InChI=1S/C20H20FNO5/c1-3-4-14-5-10-17(18(11-14)25-2)26-13-20(24)27-12-19(23)22-16-8-6-15(21)7-9-16/h3,5-11H,1,4,12-13H2,2H3,(H,22,23). The molecule has 0 heterocycles.